The Morgan fingerprint density at radius 3 is 2.64 bits per heavy atom. The maximum atomic E-state index is 8.42. The summed E-state index contributed by atoms with van der Waals surface area (Å²) in [5.41, 5.74) is 6.04. The second-order valence-electron chi connectivity index (χ2n) is 2.61. The lowest BCUT2D eigenvalue weighted by molar-refractivity contribution is 0.318. The Morgan fingerprint density at radius 1 is 1.50 bits per heavy atom. The van der Waals surface area contributed by atoms with Gasteiger partial charge >= 0.3 is 0 Å². The minimum absolute atomic E-state index is 0.0836. The summed E-state index contributed by atoms with van der Waals surface area (Å²) in [5.74, 6) is 0.805. The second kappa shape index (κ2) is 4.91. The average Bonchev–Trinajstić information content (AvgIpc) is 2.26. The predicted molar refractivity (Wildman–Crippen MR) is 54.6 cm³/mol. The fraction of sp³-hybridized carbons (Fsp3) is 0.100. The predicted octanol–water partition coefficient (Wildman–Crippen LogP) is 1.35. The van der Waals surface area contributed by atoms with E-state index in [-0.39, 0.29) is 5.84 Å². The van der Waals surface area contributed by atoms with E-state index in [2.05, 4.69) is 11.7 Å². The molecule has 0 aliphatic carbocycles. The van der Waals surface area contributed by atoms with Gasteiger partial charge in [0.25, 0.3) is 0 Å². The minimum atomic E-state index is 0.0836. The quantitative estimate of drug-likeness (QED) is 0.249. The van der Waals surface area contributed by atoms with E-state index in [0.29, 0.717) is 12.2 Å². The van der Waals surface area contributed by atoms with Crippen molar-refractivity contribution in [2.75, 3.05) is 6.61 Å². The third-order valence-corrected chi connectivity index (χ3v) is 1.63. The largest absolute Gasteiger partial charge is 0.490 e. The molecule has 0 aliphatic heterocycles. The highest BCUT2D eigenvalue weighted by Gasteiger charge is 1.98. The standard InChI is InChI=1S/C10H12N2O2/c1-2-7-14-9-5-3-8(4-6-9)10(11)12-13/h2-6,13H,1,7H2,(H2,11,12). The first-order valence-corrected chi connectivity index (χ1v) is 4.09. The van der Waals surface area contributed by atoms with Crippen LogP contribution in [0.3, 0.4) is 0 Å². The van der Waals surface area contributed by atoms with Gasteiger partial charge in [-0.25, -0.2) is 0 Å². The molecule has 4 heteroatoms. The normalized spacial score (nSPS) is 11.0. The molecule has 0 fully saturated rings. The number of amidine groups is 1. The molecular weight excluding hydrogens is 180 g/mol. The van der Waals surface area contributed by atoms with Gasteiger partial charge in [-0.05, 0) is 24.3 Å². The van der Waals surface area contributed by atoms with Gasteiger partial charge in [0.05, 0.1) is 0 Å². The first-order chi connectivity index (χ1) is 6.77. The first-order valence-electron chi connectivity index (χ1n) is 4.09. The summed E-state index contributed by atoms with van der Waals surface area (Å²) in [6, 6.07) is 6.93. The molecule has 0 atom stereocenters. The highest BCUT2D eigenvalue weighted by Crippen LogP contribution is 2.11. The highest BCUT2D eigenvalue weighted by molar-refractivity contribution is 5.97. The van der Waals surface area contributed by atoms with Crippen molar-refractivity contribution >= 4 is 5.84 Å². The van der Waals surface area contributed by atoms with E-state index in [1.807, 2.05) is 0 Å². The molecule has 0 aliphatic rings. The van der Waals surface area contributed by atoms with Crippen LogP contribution in [-0.4, -0.2) is 17.6 Å². The maximum Gasteiger partial charge on any atom is 0.170 e. The van der Waals surface area contributed by atoms with Crippen molar-refractivity contribution in [2.45, 2.75) is 0 Å². The van der Waals surface area contributed by atoms with Crippen molar-refractivity contribution in [3.63, 3.8) is 0 Å². The zero-order valence-electron chi connectivity index (χ0n) is 7.68. The molecule has 3 N–H and O–H groups in total. The van der Waals surface area contributed by atoms with Crippen molar-refractivity contribution in [3.05, 3.63) is 42.5 Å². The van der Waals surface area contributed by atoms with Crippen LogP contribution in [0.2, 0.25) is 0 Å². The van der Waals surface area contributed by atoms with Crippen LogP contribution in [0.15, 0.2) is 42.1 Å². The van der Waals surface area contributed by atoms with Crippen molar-refractivity contribution in [1.82, 2.24) is 0 Å². The number of oxime groups is 1. The number of nitrogens with zero attached hydrogens (tertiary/aromatic N) is 1. The van der Waals surface area contributed by atoms with E-state index < -0.39 is 0 Å². The van der Waals surface area contributed by atoms with Gasteiger partial charge in [0.15, 0.2) is 5.84 Å². The molecule has 0 radical (unpaired) electrons. The van der Waals surface area contributed by atoms with Gasteiger partial charge in [0, 0.05) is 5.56 Å². The Labute approximate surface area is 82.3 Å². The van der Waals surface area contributed by atoms with Crippen LogP contribution >= 0.6 is 0 Å². The summed E-state index contributed by atoms with van der Waals surface area (Å²) in [6.45, 7) is 4.00. The van der Waals surface area contributed by atoms with E-state index in [1.165, 1.54) is 0 Å². The van der Waals surface area contributed by atoms with Crippen LogP contribution in [0.25, 0.3) is 0 Å². The summed E-state index contributed by atoms with van der Waals surface area (Å²) < 4.78 is 5.26. The molecule has 74 valence electrons. The highest BCUT2D eigenvalue weighted by atomic mass is 16.5. The zero-order valence-corrected chi connectivity index (χ0v) is 7.68. The number of hydrogen-bond acceptors (Lipinski definition) is 3. The van der Waals surface area contributed by atoms with E-state index in [9.17, 15) is 0 Å². The number of nitrogens with two attached hydrogens (primary N) is 1. The fourth-order valence-corrected chi connectivity index (χ4v) is 0.935. The third-order valence-electron chi connectivity index (χ3n) is 1.63. The molecule has 0 spiro atoms. The molecule has 4 nitrogen and oxygen atoms in total. The average molecular weight is 192 g/mol. The van der Waals surface area contributed by atoms with E-state index in [0.717, 1.165) is 5.75 Å². The van der Waals surface area contributed by atoms with E-state index in [1.54, 1.807) is 30.3 Å². The third kappa shape index (κ3) is 2.52. The number of benzene rings is 1. The molecule has 0 bridgehead atoms. The molecule has 1 aromatic rings. The summed E-state index contributed by atoms with van der Waals surface area (Å²) in [6.07, 6.45) is 1.66. The molecule has 1 rings (SSSR count). The summed E-state index contributed by atoms with van der Waals surface area (Å²) in [5, 5.41) is 11.3. The summed E-state index contributed by atoms with van der Waals surface area (Å²) >= 11 is 0. The van der Waals surface area contributed by atoms with Crippen LogP contribution in [0.1, 0.15) is 5.56 Å². The van der Waals surface area contributed by atoms with Gasteiger partial charge in [0.2, 0.25) is 0 Å². The molecule has 0 unspecified atom stereocenters. The molecular formula is C10H12N2O2. The van der Waals surface area contributed by atoms with Gasteiger partial charge in [-0.2, -0.15) is 0 Å². The lowest BCUT2D eigenvalue weighted by Gasteiger charge is -2.03. The fourth-order valence-electron chi connectivity index (χ4n) is 0.935. The Morgan fingerprint density at radius 2 is 2.14 bits per heavy atom. The molecule has 0 saturated heterocycles. The van der Waals surface area contributed by atoms with Crippen molar-refractivity contribution < 1.29 is 9.94 Å². The molecule has 0 aromatic heterocycles. The van der Waals surface area contributed by atoms with E-state index >= 15 is 0 Å². The van der Waals surface area contributed by atoms with Crippen LogP contribution in [0.4, 0.5) is 0 Å². The van der Waals surface area contributed by atoms with E-state index in [4.69, 9.17) is 15.7 Å². The second-order valence-corrected chi connectivity index (χ2v) is 2.61. The van der Waals surface area contributed by atoms with Crippen LogP contribution < -0.4 is 10.5 Å². The minimum Gasteiger partial charge on any atom is -0.490 e. The van der Waals surface area contributed by atoms with Crippen molar-refractivity contribution in [2.24, 2.45) is 10.9 Å². The number of ether oxygens (including phenoxy) is 1. The van der Waals surface area contributed by atoms with Gasteiger partial charge in [-0.1, -0.05) is 17.8 Å². The number of hydrogen-bond donors (Lipinski definition) is 2. The molecule has 1 aromatic carbocycles. The Hall–Kier alpha value is -1.97. The Balaban J connectivity index is 2.73. The van der Waals surface area contributed by atoms with Gasteiger partial charge < -0.3 is 15.7 Å². The number of rotatable bonds is 4. The molecule has 0 heterocycles. The van der Waals surface area contributed by atoms with Crippen LogP contribution in [0.5, 0.6) is 5.75 Å². The smallest absolute Gasteiger partial charge is 0.170 e. The molecule has 14 heavy (non-hydrogen) atoms. The topological polar surface area (TPSA) is 67.8 Å². The van der Waals surface area contributed by atoms with Gasteiger partial charge in [-0.3, -0.25) is 0 Å². The van der Waals surface area contributed by atoms with Gasteiger partial charge in [0.1, 0.15) is 12.4 Å². The van der Waals surface area contributed by atoms with Gasteiger partial charge in [-0.15, -0.1) is 0 Å². The Kier molecular flexibility index (Phi) is 3.55. The SMILES string of the molecule is C=CCOc1ccc(/C(N)=N/O)cc1. The zero-order chi connectivity index (χ0) is 10.4. The lowest BCUT2D eigenvalue weighted by Crippen LogP contribution is -2.12. The maximum absolute atomic E-state index is 8.42. The molecule has 0 amide bonds. The Bertz CT molecular complexity index is 330. The first kappa shape index (κ1) is 10.1. The summed E-state index contributed by atoms with van der Waals surface area (Å²) in [7, 11) is 0. The van der Waals surface area contributed by atoms with Crippen LogP contribution in [-0.2, 0) is 0 Å². The summed E-state index contributed by atoms with van der Waals surface area (Å²) in [4.78, 5) is 0. The molecule has 0 saturated carbocycles. The lowest BCUT2D eigenvalue weighted by atomic mass is 10.2. The van der Waals surface area contributed by atoms with Crippen LogP contribution in [0, 0.1) is 0 Å². The van der Waals surface area contributed by atoms with Crippen molar-refractivity contribution in [1.29, 1.82) is 0 Å². The monoisotopic (exact) mass is 192 g/mol. The van der Waals surface area contributed by atoms with Crippen molar-refractivity contribution in [3.8, 4) is 5.75 Å².